The number of nitrogens with zero attached hydrogens (tertiary/aromatic N) is 11. The van der Waals surface area contributed by atoms with Crippen molar-refractivity contribution < 1.29 is 0 Å². The van der Waals surface area contributed by atoms with Gasteiger partial charge in [0.2, 0.25) is 0 Å². The second-order valence-corrected chi connectivity index (χ2v) is 8.37. The van der Waals surface area contributed by atoms with E-state index in [9.17, 15) is 0 Å². The molecular weight excluding hydrogens is 426 g/mol. The molecule has 6 heterocycles. The summed E-state index contributed by atoms with van der Waals surface area (Å²) >= 11 is 1.56. The Kier molecular flexibility index (Phi) is 4.15. The van der Waals surface area contributed by atoms with Gasteiger partial charge in [0.15, 0.2) is 23.3 Å². The Hall–Kier alpha value is -3.93. The molecule has 1 atom stereocenters. The third-order valence-corrected chi connectivity index (χ3v) is 6.35. The van der Waals surface area contributed by atoms with Gasteiger partial charge < -0.3 is 0 Å². The van der Waals surface area contributed by atoms with Crippen LogP contribution >= 0.6 is 11.3 Å². The highest BCUT2D eigenvalue weighted by atomic mass is 32.1. The Morgan fingerprint density at radius 2 is 2.06 bits per heavy atom. The van der Waals surface area contributed by atoms with E-state index in [1.54, 1.807) is 39.4 Å². The Bertz CT molecular complexity index is 1410. The molecule has 6 rings (SSSR count). The first kappa shape index (κ1) is 18.8. The fourth-order valence-corrected chi connectivity index (χ4v) is 4.85. The number of thiazole rings is 1. The minimum Gasteiger partial charge on any atom is -0.297 e. The van der Waals surface area contributed by atoms with Gasteiger partial charge in [-0.2, -0.15) is 10.2 Å². The van der Waals surface area contributed by atoms with E-state index in [0.29, 0.717) is 5.82 Å². The average molecular weight is 446 g/mol. The normalized spacial score (nSPS) is 15.1. The fraction of sp³-hybridized carbons (Fsp3) is 0.250. The summed E-state index contributed by atoms with van der Waals surface area (Å²) in [5.74, 6) is 2.97. The lowest BCUT2D eigenvalue weighted by atomic mass is 10.1. The average Bonchev–Trinajstić information content (AvgIpc) is 3.59. The Balaban J connectivity index is 1.58. The Morgan fingerprint density at radius 1 is 1.16 bits per heavy atom. The summed E-state index contributed by atoms with van der Waals surface area (Å²) in [5.41, 5.74) is 2.52. The van der Waals surface area contributed by atoms with E-state index in [1.165, 1.54) is 0 Å². The van der Waals surface area contributed by atoms with E-state index in [0.717, 1.165) is 45.8 Å². The van der Waals surface area contributed by atoms with Gasteiger partial charge in [0.1, 0.15) is 22.7 Å². The van der Waals surface area contributed by atoms with Crippen molar-refractivity contribution in [3.05, 3.63) is 48.4 Å². The number of fused-ring (bicyclic) bond motifs is 3. The van der Waals surface area contributed by atoms with E-state index in [1.807, 2.05) is 42.5 Å². The van der Waals surface area contributed by atoms with Crippen LogP contribution in [0.1, 0.15) is 25.2 Å². The minimum absolute atomic E-state index is 0.0602. The van der Waals surface area contributed by atoms with Crippen LogP contribution in [0.3, 0.4) is 0 Å². The summed E-state index contributed by atoms with van der Waals surface area (Å²) in [7, 11) is 3.80. The SMILES string of the molecule is CC[C@@H]1c2nncn2-c2cnc(-c3cnn(C)c3-c3nccs3)nc2N1c1ccn(C)n1. The van der Waals surface area contributed by atoms with E-state index in [4.69, 9.17) is 9.97 Å². The number of hydrogen-bond acceptors (Lipinski definition) is 9. The van der Waals surface area contributed by atoms with Gasteiger partial charge in [-0.15, -0.1) is 21.5 Å². The predicted molar refractivity (Wildman–Crippen MR) is 119 cm³/mol. The van der Waals surface area contributed by atoms with Crippen LogP contribution in [0.15, 0.2) is 42.6 Å². The number of anilines is 2. The van der Waals surface area contributed by atoms with Crippen molar-refractivity contribution in [2.75, 3.05) is 4.90 Å². The molecule has 0 saturated heterocycles. The van der Waals surface area contributed by atoms with Gasteiger partial charge in [0.05, 0.1) is 24.0 Å². The van der Waals surface area contributed by atoms with Gasteiger partial charge >= 0.3 is 0 Å². The first-order chi connectivity index (χ1) is 15.7. The number of aryl methyl sites for hydroxylation is 2. The van der Waals surface area contributed by atoms with E-state index in [-0.39, 0.29) is 6.04 Å². The molecule has 0 amide bonds. The molecule has 160 valence electrons. The van der Waals surface area contributed by atoms with Crippen LogP contribution in [-0.2, 0) is 14.1 Å². The van der Waals surface area contributed by atoms with Crippen molar-refractivity contribution in [1.29, 1.82) is 0 Å². The third-order valence-electron chi connectivity index (χ3n) is 5.57. The second-order valence-electron chi connectivity index (χ2n) is 7.47. The zero-order valence-electron chi connectivity index (χ0n) is 17.7. The van der Waals surface area contributed by atoms with Crippen LogP contribution in [0.2, 0.25) is 0 Å². The molecule has 0 bridgehead atoms. The lowest BCUT2D eigenvalue weighted by Gasteiger charge is -2.35. The van der Waals surface area contributed by atoms with Crippen LogP contribution < -0.4 is 4.90 Å². The lowest BCUT2D eigenvalue weighted by Crippen LogP contribution is -2.32. The van der Waals surface area contributed by atoms with Crippen LogP contribution in [0, 0.1) is 0 Å². The molecule has 0 saturated carbocycles. The molecule has 1 aliphatic heterocycles. The summed E-state index contributed by atoms with van der Waals surface area (Å²) in [6, 6.07) is 1.92. The van der Waals surface area contributed by atoms with Crippen LogP contribution in [0.25, 0.3) is 27.8 Å². The predicted octanol–water partition coefficient (Wildman–Crippen LogP) is 2.92. The monoisotopic (exact) mass is 445 g/mol. The smallest absolute Gasteiger partial charge is 0.165 e. The molecule has 0 fully saturated rings. The van der Waals surface area contributed by atoms with Gasteiger partial charge in [0.25, 0.3) is 0 Å². The standard InChI is InChI=1S/C20H19N11S/c1-4-13-19-26-23-11-30(19)14-10-22-17(25-18(14)31(13)15-5-7-28(2)27-15)12-9-24-29(3)16(12)20-21-6-8-32-20/h5-11,13H,4H2,1-3H3/t13-/m1/s1. The largest absolute Gasteiger partial charge is 0.297 e. The van der Waals surface area contributed by atoms with Gasteiger partial charge in [-0.05, 0) is 6.42 Å². The van der Waals surface area contributed by atoms with Crippen molar-refractivity contribution in [3.63, 3.8) is 0 Å². The molecule has 5 aromatic rings. The van der Waals surface area contributed by atoms with Crippen molar-refractivity contribution >= 4 is 23.0 Å². The van der Waals surface area contributed by atoms with Crippen molar-refractivity contribution in [3.8, 4) is 27.8 Å². The topological polar surface area (TPSA) is 108 Å². The first-order valence-electron chi connectivity index (χ1n) is 10.1. The maximum atomic E-state index is 5.02. The fourth-order valence-electron chi connectivity index (χ4n) is 4.12. The molecule has 5 aromatic heterocycles. The molecular formula is C20H19N11S. The minimum atomic E-state index is -0.0602. The van der Waals surface area contributed by atoms with Crippen molar-refractivity contribution in [2.24, 2.45) is 14.1 Å². The van der Waals surface area contributed by atoms with Crippen LogP contribution in [0.4, 0.5) is 11.6 Å². The Morgan fingerprint density at radius 3 is 2.81 bits per heavy atom. The van der Waals surface area contributed by atoms with E-state index >= 15 is 0 Å². The van der Waals surface area contributed by atoms with Crippen LogP contribution in [-0.4, -0.2) is 49.3 Å². The zero-order valence-corrected chi connectivity index (χ0v) is 18.5. The summed E-state index contributed by atoms with van der Waals surface area (Å²) in [4.78, 5) is 16.3. The van der Waals surface area contributed by atoms with Crippen molar-refractivity contribution in [1.82, 2.24) is 49.3 Å². The number of aromatic nitrogens is 10. The molecule has 0 spiro atoms. The molecule has 12 heteroatoms. The molecule has 0 aromatic carbocycles. The van der Waals surface area contributed by atoms with E-state index in [2.05, 4.69) is 37.2 Å². The van der Waals surface area contributed by atoms with Gasteiger partial charge in [-0.25, -0.2) is 15.0 Å². The molecule has 11 nitrogen and oxygen atoms in total. The molecule has 32 heavy (non-hydrogen) atoms. The van der Waals surface area contributed by atoms with Crippen LogP contribution in [0.5, 0.6) is 0 Å². The highest BCUT2D eigenvalue weighted by molar-refractivity contribution is 7.13. The highest BCUT2D eigenvalue weighted by Gasteiger charge is 2.36. The maximum absolute atomic E-state index is 5.02. The highest BCUT2D eigenvalue weighted by Crippen LogP contribution is 2.43. The summed E-state index contributed by atoms with van der Waals surface area (Å²) in [6.45, 7) is 2.12. The van der Waals surface area contributed by atoms with Crippen molar-refractivity contribution in [2.45, 2.75) is 19.4 Å². The molecule has 0 radical (unpaired) electrons. The molecule has 1 aliphatic rings. The zero-order chi connectivity index (χ0) is 21.8. The van der Waals surface area contributed by atoms with E-state index < -0.39 is 0 Å². The number of rotatable bonds is 4. The molecule has 0 unspecified atom stereocenters. The van der Waals surface area contributed by atoms with Gasteiger partial charge in [-0.1, -0.05) is 6.92 Å². The molecule has 0 N–H and O–H groups in total. The summed E-state index contributed by atoms with van der Waals surface area (Å²) in [5, 5.41) is 20.5. The lowest BCUT2D eigenvalue weighted by molar-refractivity contribution is 0.581. The molecule has 0 aliphatic carbocycles. The first-order valence-corrected chi connectivity index (χ1v) is 11.0. The number of hydrogen-bond donors (Lipinski definition) is 0. The quantitative estimate of drug-likeness (QED) is 0.415. The van der Waals surface area contributed by atoms with Gasteiger partial charge in [-0.3, -0.25) is 18.8 Å². The second kappa shape index (κ2) is 7.05. The summed E-state index contributed by atoms with van der Waals surface area (Å²) < 4.78 is 5.54. The van der Waals surface area contributed by atoms with Gasteiger partial charge in [0, 0.05) is 37.9 Å². The maximum Gasteiger partial charge on any atom is 0.165 e. The summed E-state index contributed by atoms with van der Waals surface area (Å²) in [6.07, 6.45) is 9.82. The Labute approximate surface area is 187 Å². The third kappa shape index (κ3) is 2.69.